The first kappa shape index (κ1) is 21.5. The number of likely N-dealkylation sites (tertiary alicyclic amines) is 1. The van der Waals surface area contributed by atoms with Crippen molar-refractivity contribution >= 4 is 23.8 Å². The summed E-state index contributed by atoms with van der Waals surface area (Å²) in [6.07, 6.45) is 4.75. The van der Waals surface area contributed by atoms with E-state index in [1.165, 1.54) is 11.8 Å². The zero-order valence-electron chi connectivity index (χ0n) is 17.8. The maximum atomic E-state index is 12.7. The van der Waals surface area contributed by atoms with Gasteiger partial charge in [-0.15, -0.1) is 0 Å². The van der Waals surface area contributed by atoms with Gasteiger partial charge in [0, 0.05) is 31.5 Å². The Balaban J connectivity index is 1.30. The van der Waals surface area contributed by atoms with Crippen LogP contribution in [-0.4, -0.2) is 74.3 Å². The summed E-state index contributed by atoms with van der Waals surface area (Å²) >= 11 is 1.34. The fourth-order valence-corrected chi connectivity index (χ4v) is 4.79. The van der Waals surface area contributed by atoms with E-state index in [9.17, 15) is 9.59 Å². The predicted octanol–water partition coefficient (Wildman–Crippen LogP) is 3.10. The summed E-state index contributed by atoms with van der Waals surface area (Å²) in [7, 11) is 0. The van der Waals surface area contributed by atoms with Crippen LogP contribution < -0.4 is 0 Å². The monoisotopic (exact) mass is 441 g/mol. The lowest BCUT2D eigenvalue weighted by Gasteiger charge is -2.38. The number of aromatic nitrogens is 3. The van der Waals surface area contributed by atoms with Crippen LogP contribution in [0.1, 0.15) is 26.7 Å². The highest BCUT2D eigenvalue weighted by Gasteiger charge is 2.41. The summed E-state index contributed by atoms with van der Waals surface area (Å²) in [6, 6.07) is 7.74. The van der Waals surface area contributed by atoms with Crippen molar-refractivity contribution in [3.8, 4) is 11.4 Å². The van der Waals surface area contributed by atoms with Crippen molar-refractivity contribution < 1.29 is 14.3 Å². The number of piperidine rings is 1. The SMILES string of the molecule is CC(C)C1COC(=O)N1C1CCN(C(=O)CSc2nccc(-c3ccccn3)n2)CC1. The molecule has 0 saturated carbocycles. The lowest BCUT2D eigenvalue weighted by Crippen LogP contribution is -2.51. The molecule has 4 rings (SSSR count). The van der Waals surface area contributed by atoms with Gasteiger partial charge in [-0.05, 0) is 37.0 Å². The molecule has 1 atom stereocenters. The van der Waals surface area contributed by atoms with Crippen LogP contribution >= 0.6 is 11.8 Å². The molecule has 2 aromatic heterocycles. The van der Waals surface area contributed by atoms with E-state index < -0.39 is 0 Å². The van der Waals surface area contributed by atoms with Gasteiger partial charge in [-0.1, -0.05) is 31.7 Å². The summed E-state index contributed by atoms with van der Waals surface area (Å²) in [4.78, 5) is 41.8. The Morgan fingerprint density at radius 2 is 1.97 bits per heavy atom. The molecule has 0 N–H and O–H groups in total. The highest BCUT2D eigenvalue weighted by molar-refractivity contribution is 7.99. The van der Waals surface area contributed by atoms with Crippen molar-refractivity contribution in [2.24, 2.45) is 5.92 Å². The zero-order chi connectivity index (χ0) is 21.8. The minimum atomic E-state index is -0.219. The minimum absolute atomic E-state index is 0.0692. The molecule has 31 heavy (non-hydrogen) atoms. The zero-order valence-corrected chi connectivity index (χ0v) is 18.6. The molecule has 0 radical (unpaired) electrons. The molecule has 164 valence electrons. The van der Waals surface area contributed by atoms with Gasteiger partial charge in [0.15, 0.2) is 5.16 Å². The normalized spacial score (nSPS) is 19.7. The van der Waals surface area contributed by atoms with Crippen LogP contribution in [0.25, 0.3) is 11.4 Å². The Labute approximate surface area is 186 Å². The number of ether oxygens (including phenoxy) is 1. The first-order valence-electron chi connectivity index (χ1n) is 10.6. The van der Waals surface area contributed by atoms with Gasteiger partial charge in [0.05, 0.1) is 23.2 Å². The van der Waals surface area contributed by atoms with Gasteiger partial charge in [-0.2, -0.15) is 0 Å². The largest absolute Gasteiger partial charge is 0.447 e. The number of carbonyl (C=O) groups is 2. The van der Waals surface area contributed by atoms with E-state index in [0.717, 1.165) is 24.2 Å². The van der Waals surface area contributed by atoms with E-state index in [4.69, 9.17) is 4.74 Å². The van der Waals surface area contributed by atoms with Crippen LogP contribution in [0.3, 0.4) is 0 Å². The van der Waals surface area contributed by atoms with E-state index in [-0.39, 0.29) is 29.8 Å². The average Bonchev–Trinajstić information content (AvgIpc) is 3.20. The molecular weight excluding hydrogens is 414 g/mol. The molecule has 2 aliphatic rings. The highest BCUT2D eigenvalue weighted by atomic mass is 32.2. The standard InChI is InChI=1S/C22H27N5O3S/c1-15(2)19-13-30-22(29)27(19)16-7-11-26(12-8-16)20(28)14-31-21-24-10-6-18(25-21)17-5-3-4-9-23-17/h3-6,9-10,15-16,19H,7-8,11-14H2,1-2H3. The van der Waals surface area contributed by atoms with Gasteiger partial charge < -0.3 is 9.64 Å². The van der Waals surface area contributed by atoms with Crippen LogP contribution in [0, 0.1) is 5.92 Å². The second-order valence-corrected chi connectivity index (χ2v) is 9.08. The molecular formula is C22H27N5O3S. The van der Waals surface area contributed by atoms with Crippen LogP contribution in [0.2, 0.25) is 0 Å². The molecule has 2 amide bonds. The molecule has 8 nitrogen and oxygen atoms in total. The lowest BCUT2D eigenvalue weighted by molar-refractivity contribution is -0.129. The molecule has 2 fully saturated rings. The van der Waals surface area contributed by atoms with Crippen molar-refractivity contribution in [2.45, 2.75) is 43.9 Å². The molecule has 0 spiro atoms. The summed E-state index contributed by atoms with van der Waals surface area (Å²) in [5.74, 6) is 0.709. The third-order valence-corrected chi connectivity index (χ3v) is 6.66. The van der Waals surface area contributed by atoms with E-state index >= 15 is 0 Å². The summed E-state index contributed by atoms with van der Waals surface area (Å²) < 4.78 is 5.28. The molecule has 0 aromatic carbocycles. The average molecular weight is 442 g/mol. The second kappa shape index (κ2) is 9.64. The molecule has 2 aliphatic heterocycles. The van der Waals surface area contributed by atoms with Crippen molar-refractivity contribution in [1.82, 2.24) is 24.8 Å². The Kier molecular flexibility index (Phi) is 6.70. The number of carbonyl (C=O) groups excluding carboxylic acids is 2. The van der Waals surface area contributed by atoms with Gasteiger partial charge >= 0.3 is 6.09 Å². The molecule has 9 heteroatoms. The van der Waals surface area contributed by atoms with Gasteiger partial charge in [0.25, 0.3) is 0 Å². The maximum absolute atomic E-state index is 12.7. The number of thioether (sulfide) groups is 1. The number of pyridine rings is 1. The van der Waals surface area contributed by atoms with Gasteiger partial charge in [0.1, 0.15) is 6.61 Å². The van der Waals surface area contributed by atoms with E-state index in [0.29, 0.717) is 30.8 Å². The highest BCUT2D eigenvalue weighted by Crippen LogP contribution is 2.28. The summed E-state index contributed by atoms with van der Waals surface area (Å²) in [5.41, 5.74) is 1.52. The smallest absolute Gasteiger partial charge is 0.410 e. The quantitative estimate of drug-likeness (QED) is 0.503. The van der Waals surface area contributed by atoms with Crippen molar-refractivity contribution in [3.05, 3.63) is 36.7 Å². The lowest BCUT2D eigenvalue weighted by atomic mass is 9.98. The van der Waals surface area contributed by atoms with Crippen LogP contribution in [0.15, 0.2) is 41.8 Å². The first-order chi connectivity index (χ1) is 15.0. The first-order valence-corrected chi connectivity index (χ1v) is 11.6. The molecule has 0 aliphatic carbocycles. The number of nitrogens with zero attached hydrogens (tertiary/aromatic N) is 5. The Hall–Kier alpha value is -2.68. The molecule has 2 saturated heterocycles. The van der Waals surface area contributed by atoms with Crippen molar-refractivity contribution in [3.63, 3.8) is 0 Å². The van der Waals surface area contributed by atoms with Gasteiger partial charge in [-0.3, -0.25) is 14.7 Å². The van der Waals surface area contributed by atoms with E-state index in [1.54, 1.807) is 12.4 Å². The molecule has 1 unspecified atom stereocenters. The van der Waals surface area contributed by atoms with E-state index in [2.05, 4.69) is 28.8 Å². The number of hydrogen-bond acceptors (Lipinski definition) is 7. The number of hydrogen-bond donors (Lipinski definition) is 0. The molecule has 0 bridgehead atoms. The third kappa shape index (κ3) is 4.98. The minimum Gasteiger partial charge on any atom is -0.447 e. The van der Waals surface area contributed by atoms with Crippen LogP contribution in [-0.2, 0) is 9.53 Å². The van der Waals surface area contributed by atoms with E-state index in [1.807, 2.05) is 34.1 Å². The van der Waals surface area contributed by atoms with Crippen molar-refractivity contribution in [1.29, 1.82) is 0 Å². The number of rotatable bonds is 6. The summed E-state index contributed by atoms with van der Waals surface area (Å²) in [6.45, 7) is 5.98. The number of amides is 2. The maximum Gasteiger partial charge on any atom is 0.410 e. The molecule has 2 aromatic rings. The Morgan fingerprint density at radius 3 is 2.68 bits per heavy atom. The van der Waals surface area contributed by atoms with Crippen molar-refractivity contribution in [2.75, 3.05) is 25.4 Å². The van der Waals surface area contributed by atoms with Gasteiger partial charge in [0.2, 0.25) is 5.91 Å². The predicted molar refractivity (Wildman–Crippen MR) is 117 cm³/mol. The third-order valence-electron chi connectivity index (χ3n) is 5.81. The number of cyclic esters (lactones) is 1. The van der Waals surface area contributed by atoms with Crippen LogP contribution in [0.5, 0.6) is 0 Å². The topological polar surface area (TPSA) is 88.5 Å². The fourth-order valence-electron chi connectivity index (χ4n) is 4.06. The van der Waals surface area contributed by atoms with Crippen LogP contribution in [0.4, 0.5) is 4.79 Å². The second-order valence-electron chi connectivity index (χ2n) is 8.14. The Morgan fingerprint density at radius 1 is 1.16 bits per heavy atom. The molecule has 4 heterocycles. The van der Waals surface area contributed by atoms with Gasteiger partial charge in [-0.25, -0.2) is 14.8 Å². The summed E-state index contributed by atoms with van der Waals surface area (Å²) in [5, 5.41) is 0.561. The Bertz CT molecular complexity index is 918. The fraction of sp³-hybridized carbons (Fsp3) is 0.500.